The molecule has 44 heavy (non-hydrogen) atoms. The van der Waals surface area contributed by atoms with Crippen LogP contribution in [0.2, 0.25) is 0 Å². The van der Waals surface area contributed by atoms with E-state index in [9.17, 15) is 9.18 Å². The van der Waals surface area contributed by atoms with Gasteiger partial charge in [-0.25, -0.2) is 4.39 Å². The van der Waals surface area contributed by atoms with Crippen LogP contribution in [0.25, 0.3) is 10.8 Å². The number of aryl methyl sites for hydroxylation is 1. The number of nitrogens with zero attached hydrogens (tertiary/aromatic N) is 3. The Morgan fingerprint density at radius 1 is 0.750 bits per heavy atom. The predicted octanol–water partition coefficient (Wildman–Crippen LogP) is 7.37. The number of carbonyl (C=O) groups is 1. The minimum absolute atomic E-state index is 0.0495. The monoisotopic (exact) mass is 585 g/mol. The molecule has 6 heteroatoms. The summed E-state index contributed by atoms with van der Waals surface area (Å²) in [5, 5.41) is 2.19. The molecule has 0 atom stereocenters. The molecule has 2 aliphatic heterocycles. The first-order valence-corrected chi connectivity index (χ1v) is 15.3. The summed E-state index contributed by atoms with van der Waals surface area (Å²) in [7, 11) is 1.66. The van der Waals surface area contributed by atoms with Crippen molar-refractivity contribution < 1.29 is 13.9 Å². The van der Waals surface area contributed by atoms with Crippen molar-refractivity contribution in [1.29, 1.82) is 0 Å². The Balaban J connectivity index is 1.06. The zero-order valence-corrected chi connectivity index (χ0v) is 25.2. The number of piperazine rings is 1. The summed E-state index contributed by atoms with van der Waals surface area (Å²) in [6, 6.07) is 32.1. The average Bonchev–Trinajstić information content (AvgIpc) is 3.32. The maximum atomic E-state index is 14.3. The van der Waals surface area contributed by atoms with E-state index in [4.69, 9.17) is 4.74 Å². The molecule has 1 amide bonds. The number of hydrogen-bond acceptors (Lipinski definition) is 4. The average molecular weight is 586 g/mol. The molecule has 5 nitrogen and oxygen atoms in total. The highest BCUT2D eigenvalue weighted by Crippen LogP contribution is 2.40. The smallest absolute Gasteiger partial charge is 0.259 e. The largest absolute Gasteiger partial charge is 0.497 e. The fourth-order valence-electron chi connectivity index (χ4n) is 6.69. The lowest BCUT2D eigenvalue weighted by Crippen LogP contribution is -2.46. The van der Waals surface area contributed by atoms with Crippen LogP contribution in [0.3, 0.4) is 0 Å². The second-order valence-corrected chi connectivity index (χ2v) is 11.9. The summed E-state index contributed by atoms with van der Waals surface area (Å²) in [5.41, 5.74) is 8.60. The van der Waals surface area contributed by atoms with Gasteiger partial charge in [0.05, 0.1) is 25.0 Å². The van der Waals surface area contributed by atoms with E-state index in [2.05, 4.69) is 53.1 Å². The van der Waals surface area contributed by atoms with Crippen LogP contribution in [-0.2, 0) is 19.5 Å². The number of ether oxygens (including phenoxy) is 1. The molecule has 1 fully saturated rings. The molecule has 0 saturated carbocycles. The van der Waals surface area contributed by atoms with Gasteiger partial charge in [-0.05, 0) is 82.9 Å². The molecule has 0 unspecified atom stereocenters. The Hall–Kier alpha value is -4.68. The van der Waals surface area contributed by atoms with E-state index < -0.39 is 0 Å². The lowest BCUT2D eigenvalue weighted by molar-refractivity contribution is 0.0991. The summed E-state index contributed by atoms with van der Waals surface area (Å²) in [6.07, 6.45) is 0.801. The lowest BCUT2D eigenvalue weighted by atomic mass is 9.94. The van der Waals surface area contributed by atoms with E-state index >= 15 is 0 Å². The third-order valence-corrected chi connectivity index (χ3v) is 9.14. The highest BCUT2D eigenvalue weighted by Gasteiger charge is 2.30. The van der Waals surface area contributed by atoms with Gasteiger partial charge in [-0.3, -0.25) is 9.69 Å². The molecule has 7 rings (SSSR count). The van der Waals surface area contributed by atoms with Crippen molar-refractivity contribution in [2.24, 2.45) is 0 Å². The van der Waals surface area contributed by atoms with Gasteiger partial charge in [-0.2, -0.15) is 0 Å². The van der Waals surface area contributed by atoms with Crippen LogP contribution >= 0.6 is 0 Å². The van der Waals surface area contributed by atoms with E-state index in [1.807, 2.05) is 53.4 Å². The Morgan fingerprint density at radius 3 is 2.25 bits per heavy atom. The number of methoxy groups -OCH3 is 1. The molecule has 222 valence electrons. The maximum Gasteiger partial charge on any atom is 0.259 e. The molecule has 5 aromatic carbocycles. The number of anilines is 2. The van der Waals surface area contributed by atoms with Crippen LogP contribution in [-0.4, -0.2) is 44.1 Å². The first-order chi connectivity index (χ1) is 21.5. The van der Waals surface area contributed by atoms with Crippen LogP contribution < -0.4 is 14.5 Å². The molecule has 0 bridgehead atoms. The zero-order chi connectivity index (χ0) is 30.2. The summed E-state index contributed by atoms with van der Waals surface area (Å²) in [6.45, 7) is 7.06. The third-order valence-electron chi connectivity index (χ3n) is 9.14. The van der Waals surface area contributed by atoms with E-state index in [1.54, 1.807) is 13.2 Å². The van der Waals surface area contributed by atoms with Crippen molar-refractivity contribution in [1.82, 2.24) is 4.90 Å². The number of para-hydroxylation sites is 1. The van der Waals surface area contributed by atoms with Crippen molar-refractivity contribution in [2.45, 2.75) is 26.4 Å². The van der Waals surface area contributed by atoms with Gasteiger partial charge in [-0.1, -0.05) is 60.7 Å². The maximum absolute atomic E-state index is 14.3. The minimum Gasteiger partial charge on any atom is -0.497 e. The number of carbonyl (C=O) groups excluding carboxylic acids is 1. The van der Waals surface area contributed by atoms with E-state index in [0.717, 1.165) is 72.5 Å². The van der Waals surface area contributed by atoms with Crippen LogP contribution in [0.4, 0.5) is 15.8 Å². The number of halogens is 1. The molecule has 0 aliphatic carbocycles. The van der Waals surface area contributed by atoms with Gasteiger partial charge >= 0.3 is 0 Å². The predicted molar refractivity (Wildman–Crippen MR) is 175 cm³/mol. The van der Waals surface area contributed by atoms with E-state index in [0.29, 0.717) is 12.2 Å². The van der Waals surface area contributed by atoms with Gasteiger partial charge in [0.1, 0.15) is 11.6 Å². The fraction of sp³-hybridized carbons (Fsp3) is 0.237. The van der Waals surface area contributed by atoms with Crippen LogP contribution in [0.1, 0.15) is 38.2 Å². The standard InChI is InChI=1S/C38H36FN3O2/c1-26-22-28(10-13-30(26)25-40-18-20-41(21-19-40)35-9-4-3-8-34(35)39)23-29-14-17-36-37-32(29)6-5-7-33(37)38(43)42(36)24-27-11-15-31(44-2)16-12-27/h3-17,22H,18-21,23-25H2,1-2H3. The van der Waals surface area contributed by atoms with Crippen molar-refractivity contribution in [2.75, 3.05) is 43.1 Å². The Labute approximate surface area is 258 Å². The van der Waals surface area contributed by atoms with Crippen LogP contribution in [0.15, 0.2) is 97.1 Å². The van der Waals surface area contributed by atoms with Crippen LogP contribution in [0, 0.1) is 12.7 Å². The third kappa shape index (κ3) is 5.31. The van der Waals surface area contributed by atoms with Gasteiger partial charge in [0.2, 0.25) is 0 Å². The van der Waals surface area contributed by atoms with Gasteiger partial charge in [0.15, 0.2) is 0 Å². The van der Waals surface area contributed by atoms with Gasteiger partial charge in [-0.15, -0.1) is 0 Å². The molecule has 2 aliphatic rings. The van der Waals surface area contributed by atoms with E-state index in [1.165, 1.54) is 28.3 Å². The van der Waals surface area contributed by atoms with Crippen molar-refractivity contribution in [3.8, 4) is 5.75 Å². The minimum atomic E-state index is -0.148. The quantitative estimate of drug-likeness (QED) is 0.191. The fourth-order valence-corrected chi connectivity index (χ4v) is 6.69. The second-order valence-electron chi connectivity index (χ2n) is 11.9. The summed E-state index contributed by atoms with van der Waals surface area (Å²) >= 11 is 0. The SMILES string of the molecule is COc1ccc(CN2C(=O)c3cccc4c(Cc5ccc(CN6CCN(c7ccccc7F)CC6)c(C)c5)ccc2c34)cc1. The Bertz CT molecular complexity index is 1840. The highest BCUT2D eigenvalue weighted by molar-refractivity contribution is 6.25. The van der Waals surface area contributed by atoms with Gasteiger partial charge < -0.3 is 14.5 Å². The summed E-state index contributed by atoms with van der Waals surface area (Å²) < 4.78 is 19.5. The van der Waals surface area contributed by atoms with E-state index in [-0.39, 0.29) is 11.7 Å². The zero-order valence-electron chi connectivity index (χ0n) is 25.2. The molecule has 2 heterocycles. The van der Waals surface area contributed by atoms with Crippen molar-refractivity contribution in [3.05, 3.63) is 136 Å². The number of rotatable bonds is 8. The molecule has 0 N–H and O–H groups in total. The second kappa shape index (κ2) is 11.8. The molecule has 0 radical (unpaired) electrons. The normalized spacial score (nSPS) is 14.9. The first-order valence-electron chi connectivity index (χ1n) is 15.3. The number of amides is 1. The van der Waals surface area contributed by atoms with Crippen molar-refractivity contribution in [3.63, 3.8) is 0 Å². The molecule has 1 saturated heterocycles. The number of hydrogen-bond donors (Lipinski definition) is 0. The molecule has 0 aromatic heterocycles. The first kappa shape index (κ1) is 28.1. The van der Waals surface area contributed by atoms with Crippen LogP contribution in [0.5, 0.6) is 5.75 Å². The molecular formula is C38H36FN3O2. The molecule has 0 spiro atoms. The summed E-state index contributed by atoms with van der Waals surface area (Å²) in [5.74, 6) is 0.706. The highest BCUT2D eigenvalue weighted by atomic mass is 19.1. The van der Waals surface area contributed by atoms with Crippen molar-refractivity contribution >= 4 is 28.1 Å². The lowest BCUT2D eigenvalue weighted by Gasteiger charge is -2.36. The molecular weight excluding hydrogens is 549 g/mol. The number of benzene rings is 5. The Kier molecular flexibility index (Phi) is 7.52. The summed E-state index contributed by atoms with van der Waals surface area (Å²) in [4.78, 5) is 20.0. The topological polar surface area (TPSA) is 36.0 Å². The molecule has 5 aromatic rings. The van der Waals surface area contributed by atoms with Gasteiger partial charge in [0, 0.05) is 43.7 Å². The van der Waals surface area contributed by atoms with Gasteiger partial charge in [0.25, 0.3) is 5.91 Å². The Morgan fingerprint density at radius 2 is 1.50 bits per heavy atom.